The number of furan rings is 1. The van der Waals surface area contributed by atoms with Gasteiger partial charge in [0, 0.05) is 22.3 Å². The Labute approximate surface area is 165 Å². The summed E-state index contributed by atoms with van der Waals surface area (Å²) < 4.78 is 5.62. The Bertz CT molecular complexity index is 1130. The molecule has 3 aromatic rings. The normalized spacial score (nSPS) is 10.9. The van der Waals surface area contributed by atoms with Gasteiger partial charge in [-0.15, -0.1) is 0 Å². The lowest BCUT2D eigenvalue weighted by atomic mass is 10.1. The molecule has 0 aliphatic heterocycles. The van der Waals surface area contributed by atoms with E-state index in [0.29, 0.717) is 22.0 Å². The van der Waals surface area contributed by atoms with Crippen molar-refractivity contribution in [2.75, 3.05) is 5.32 Å². The van der Waals surface area contributed by atoms with Gasteiger partial charge >= 0.3 is 5.97 Å². The number of carboxylic acid groups (broad SMARTS) is 1. The molecule has 0 atom stereocenters. The third-order valence-electron chi connectivity index (χ3n) is 3.78. The van der Waals surface area contributed by atoms with E-state index in [9.17, 15) is 20.0 Å². The molecule has 6 nitrogen and oxygen atoms in total. The van der Waals surface area contributed by atoms with E-state index in [1.807, 2.05) is 6.07 Å². The van der Waals surface area contributed by atoms with E-state index < -0.39 is 11.9 Å². The highest BCUT2D eigenvalue weighted by molar-refractivity contribution is 6.31. The van der Waals surface area contributed by atoms with Crippen LogP contribution in [0.25, 0.3) is 17.4 Å². The molecule has 138 valence electrons. The molecule has 0 aliphatic rings. The Morgan fingerprint density at radius 3 is 2.61 bits per heavy atom. The predicted molar refractivity (Wildman–Crippen MR) is 105 cm³/mol. The lowest BCUT2D eigenvalue weighted by Crippen LogP contribution is -2.13. The molecule has 0 unspecified atom stereocenters. The largest absolute Gasteiger partial charge is 0.478 e. The number of nitrogens with one attached hydrogen (secondary N) is 1. The van der Waals surface area contributed by atoms with Crippen LogP contribution in [0, 0.1) is 11.3 Å². The summed E-state index contributed by atoms with van der Waals surface area (Å²) in [6, 6.07) is 17.9. The second-order valence-corrected chi connectivity index (χ2v) is 6.12. The molecular weight excluding hydrogens is 380 g/mol. The number of hydrogen-bond acceptors (Lipinski definition) is 4. The summed E-state index contributed by atoms with van der Waals surface area (Å²) in [6.07, 6.45) is 1.28. The van der Waals surface area contributed by atoms with Crippen LogP contribution >= 0.6 is 11.6 Å². The van der Waals surface area contributed by atoms with Crippen molar-refractivity contribution in [3.05, 3.63) is 82.6 Å². The zero-order valence-electron chi connectivity index (χ0n) is 14.3. The van der Waals surface area contributed by atoms with Crippen LogP contribution in [0.3, 0.4) is 0 Å². The van der Waals surface area contributed by atoms with Crippen LogP contribution in [0.15, 0.2) is 70.7 Å². The van der Waals surface area contributed by atoms with E-state index in [1.165, 1.54) is 12.1 Å². The summed E-state index contributed by atoms with van der Waals surface area (Å²) in [7, 11) is 0. The van der Waals surface area contributed by atoms with Crippen molar-refractivity contribution in [2.45, 2.75) is 0 Å². The molecule has 3 rings (SSSR count). The number of hydrogen-bond donors (Lipinski definition) is 2. The number of aromatic carboxylic acids is 1. The Kier molecular flexibility index (Phi) is 5.58. The van der Waals surface area contributed by atoms with Crippen molar-refractivity contribution in [1.29, 1.82) is 5.26 Å². The van der Waals surface area contributed by atoms with Crippen LogP contribution in [-0.4, -0.2) is 17.0 Å². The third-order valence-corrected chi connectivity index (χ3v) is 4.02. The van der Waals surface area contributed by atoms with Gasteiger partial charge in [-0.3, -0.25) is 4.79 Å². The first-order chi connectivity index (χ1) is 13.5. The molecular formula is C21H13ClN2O4. The molecule has 2 aromatic carbocycles. The number of nitrogens with zero attached hydrogens (tertiary/aromatic N) is 1. The minimum absolute atomic E-state index is 0.0894. The number of carboxylic acids is 1. The Morgan fingerprint density at radius 1 is 1.11 bits per heavy atom. The molecule has 0 fully saturated rings. The summed E-state index contributed by atoms with van der Waals surface area (Å²) in [4.78, 5) is 23.7. The Balaban J connectivity index is 1.86. The molecule has 1 heterocycles. The minimum atomic E-state index is -1.08. The molecule has 0 aliphatic carbocycles. The number of halogens is 1. The molecule has 2 N–H and O–H groups in total. The number of nitriles is 1. The lowest BCUT2D eigenvalue weighted by molar-refractivity contribution is -0.112. The SMILES string of the molecule is N#C/C(=C\c1ccc(-c2ccccc2C(=O)O)o1)C(=O)Nc1cccc(Cl)c1. The van der Waals surface area contributed by atoms with Crippen molar-refractivity contribution in [3.63, 3.8) is 0 Å². The van der Waals surface area contributed by atoms with E-state index in [0.717, 1.165) is 0 Å². The van der Waals surface area contributed by atoms with Crippen LogP contribution in [0.5, 0.6) is 0 Å². The van der Waals surface area contributed by atoms with Gasteiger partial charge in [0.15, 0.2) is 0 Å². The van der Waals surface area contributed by atoms with Crippen molar-refractivity contribution in [2.24, 2.45) is 0 Å². The van der Waals surface area contributed by atoms with Gasteiger partial charge in [0.2, 0.25) is 0 Å². The smallest absolute Gasteiger partial charge is 0.336 e. The second kappa shape index (κ2) is 8.25. The summed E-state index contributed by atoms with van der Waals surface area (Å²) >= 11 is 5.88. The van der Waals surface area contributed by atoms with E-state index in [4.69, 9.17) is 16.0 Å². The number of anilines is 1. The fourth-order valence-electron chi connectivity index (χ4n) is 2.52. The number of carbonyl (C=O) groups is 2. The van der Waals surface area contributed by atoms with Gasteiger partial charge in [0.1, 0.15) is 23.2 Å². The summed E-state index contributed by atoms with van der Waals surface area (Å²) in [5.74, 6) is -1.14. The van der Waals surface area contributed by atoms with Crippen LogP contribution in [0.1, 0.15) is 16.1 Å². The first kappa shape index (κ1) is 19.0. The second-order valence-electron chi connectivity index (χ2n) is 5.69. The van der Waals surface area contributed by atoms with E-state index in [1.54, 1.807) is 54.6 Å². The highest BCUT2D eigenvalue weighted by Gasteiger charge is 2.15. The quantitative estimate of drug-likeness (QED) is 0.477. The minimum Gasteiger partial charge on any atom is -0.478 e. The molecule has 28 heavy (non-hydrogen) atoms. The summed E-state index contributed by atoms with van der Waals surface area (Å²) in [5, 5.41) is 21.6. The first-order valence-corrected chi connectivity index (χ1v) is 8.47. The van der Waals surface area contributed by atoms with Gasteiger partial charge in [-0.25, -0.2) is 4.79 Å². The van der Waals surface area contributed by atoms with Gasteiger partial charge in [0.05, 0.1) is 5.56 Å². The number of amides is 1. The van der Waals surface area contributed by atoms with Gasteiger partial charge < -0.3 is 14.8 Å². The molecule has 1 amide bonds. The highest BCUT2D eigenvalue weighted by Crippen LogP contribution is 2.27. The molecule has 0 spiro atoms. The summed E-state index contributed by atoms with van der Waals surface area (Å²) in [5.41, 5.74) is 0.768. The van der Waals surface area contributed by atoms with Crippen LogP contribution in [-0.2, 0) is 4.79 Å². The van der Waals surface area contributed by atoms with Crippen molar-refractivity contribution < 1.29 is 19.1 Å². The van der Waals surface area contributed by atoms with Crippen LogP contribution in [0.4, 0.5) is 5.69 Å². The van der Waals surface area contributed by atoms with E-state index >= 15 is 0 Å². The zero-order chi connectivity index (χ0) is 20.1. The maximum Gasteiger partial charge on any atom is 0.336 e. The zero-order valence-corrected chi connectivity index (χ0v) is 15.1. The summed E-state index contributed by atoms with van der Waals surface area (Å²) in [6.45, 7) is 0. The predicted octanol–water partition coefficient (Wildman–Crippen LogP) is 4.84. The van der Waals surface area contributed by atoms with Gasteiger partial charge in [-0.1, -0.05) is 35.9 Å². The molecule has 0 saturated carbocycles. The van der Waals surface area contributed by atoms with Crippen molar-refractivity contribution >= 4 is 35.2 Å². The molecule has 0 radical (unpaired) electrons. The Hall–Kier alpha value is -3.82. The van der Waals surface area contributed by atoms with E-state index in [-0.39, 0.29) is 16.9 Å². The van der Waals surface area contributed by atoms with E-state index in [2.05, 4.69) is 5.32 Å². The number of carbonyl (C=O) groups excluding carboxylic acids is 1. The van der Waals surface area contributed by atoms with Crippen LogP contribution < -0.4 is 5.32 Å². The van der Waals surface area contributed by atoms with Crippen molar-refractivity contribution in [3.8, 4) is 17.4 Å². The Morgan fingerprint density at radius 2 is 1.89 bits per heavy atom. The average molecular weight is 393 g/mol. The monoisotopic (exact) mass is 392 g/mol. The molecule has 0 bridgehead atoms. The fraction of sp³-hybridized carbons (Fsp3) is 0. The number of rotatable bonds is 5. The van der Waals surface area contributed by atoms with Gasteiger partial charge in [-0.05, 0) is 36.4 Å². The lowest BCUT2D eigenvalue weighted by Gasteiger charge is -2.04. The first-order valence-electron chi connectivity index (χ1n) is 8.09. The number of benzene rings is 2. The standard InChI is InChI=1S/C21H13ClN2O4/c22-14-4-3-5-15(11-14)24-20(25)13(12-23)10-16-8-9-19(28-16)17-6-1-2-7-18(17)21(26)27/h1-11H,(H,24,25)(H,26,27)/b13-10+. The van der Waals surface area contributed by atoms with Crippen molar-refractivity contribution in [1.82, 2.24) is 0 Å². The van der Waals surface area contributed by atoms with Gasteiger partial charge in [-0.2, -0.15) is 5.26 Å². The van der Waals surface area contributed by atoms with Gasteiger partial charge in [0.25, 0.3) is 5.91 Å². The molecule has 7 heteroatoms. The molecule has 0 saturated heterocycles. The maximum atomic E-state index is 12.3. The van der Waals surface area contributed by atoms with Crippen LogP contribution in [0.2, 0.25) is 5.02 Å². The average Bonchev–Trinajstić information content (AvgIpc) is 3.14. The maximum absolute atomic E-state index is 12.3. The third kappa shape index (κ3) is 4.29. The highest BCUT2D eigenvalue weighted by atomic mass is 35.5. The molecule has 1 aromatic heterocycles. The topological polar surface area (TPSA) is 103 Å². The fourth-order valence-corrected chi connectivity index (χ4v) is 2.71.